The first-order valence-corrected chi connectivity index (χ1v) is 7.77. The summed E-state index contributed by atoms with van der Waals surface area (Å²) in [5, 5.41) is 3.50. The summed E-state index contributed by atoms with van der Waals surface area (Å²) in [7, 11) is 0. The number of hydrogen-bond acceptors (Lipinski definition) is 3. The fraction of sp³-hybridized carbons (Fsp3) is 0.600. The maximum Gasteiger partial charge on any atom is 0.251 e. The summed E-state index contributed by atoms with van der Waals surface area (Å²) in [5.74, 6) is 0.0842. The molecule has 1 atom stereocenters. The number of carbonyl (C=O) groups excluding carboxylic acids is 2. The summed E-state index contributed by atoms with van der Waals surface area (Å²) >= 11 is 1.51. The van der Waals surface area contributed by atoms with E-state index < -0.39 is 11.3 Å². The standard InChI is InChI=1S/C15H22N2O2S/c1-8-5-6-9-10(7-8)20-13(11(9)12(16)18)17-14(19)15(2,3)4/h8H,5-7H2,1-4H3,(H2,16,18)(H,17,19). The molecule has 0 fully saturated rings. The minimum atomic E-state index is -0.493. The largest absolute Gasteiger partial charge is 0.365 e. The van der Waals surface area contributed by atoms with Gasteiger partial charge in [0.2, 0.25) is 5.91 Å². The molecule has 0 saturated carbocycles. The minimum absolute atomic E-state index is 0.0911. The Morgan fingerprint density at radius 1 is 1.35 bits per heavy atom. The van der Waals surface area contributed by atoms with Crippen molar-refractivity contribution < 1.29 is 9.59 Å². The van der Waals surface area contributed by atoms with Gasteiger partial charge in [-0.3, -0.25) is 9.59 Å². The molecule has 0 radical (unpaired) electrons. The summed E-state index contributed by atoms with van der Waals surface area (Å²) in [6.45, 7) is 7.76. The number of rotatable bonds is 2. The molecule has 0 bridgehead atoms. The summed E-state index contributed by atoms with van der Waals surface area (Å²) in [5.41, 5.74) is 6.59. The number of anilines is 1. The molecule has 0 spiro atoms. The molecule has 5 heteroatoms. The molecule has 2 rings (SSSR count). The van der Waals surface area contributed by atoms with Crippen molar-refractivity contribution >= 4 is 28.2 Å². The van der Waals surface area contributed by atoms with Gasteiger partial charge in [0.25, 0.3) is 5.91 Å². The first kappa shape index (κ1) is 15.0. The van der Waals surface area contributed by atoms with Crippen molar-refractivity contribution in [2.24, 2.45) is 17.1 Å². The van der Waals surface area contributed by atoms with E-state index in [0.717, 1.165) is 24.8 Å². The van der Waals surface area contributed by atoms with E-state index in [4.69, 9.17) is 5.73 Å². The number of fused-ring (bicyclic) bond motifs is 1. The molecule has 1 aliphatic rings. The van der Waals surface area contributed by atoms with Gasteiger partial charge in [-0.2, -0.15) is 0 Å². The monoisotopic (exact) mass is 294 g/mol. The molecule has 1 aromatic rings. The normalized spacial score (nSPS) is 18.5. The fourth-order valence-corrected chi connectivity index (χ4v) is 3.80. The van der Waals surface area contributed by atoms with Crippen LogP contribution in [-0.4, -0.2) is 11.8 Å². The Morgan fingerprint density at radius 3 is 2.55 bits per heavy atom. The predicted octanol–water partition coefficient (Wildman–Crippen LogP) is 2.96. The van der Waals surface area contributed by atoms with Crippen molar-refractivity contribution in [2.75, 3.05) is 5.32 Å². The van der Waals surface area contributed by atoms with Gasteiger partial charge in [0.15, 0.2) is 0 Å². The van der Waals surface area contributed by atoms with Crippen molar-refractivity contribution in [1.29, 1.82) is 0 Å². The molecule has 3 N–H and O–H groups in total. The molecule has 0 aromatic carbocycles. The number of amides is 2. The van der Waals surface area contributed by atoms with Gasteiger partial charge in [-0.05, 0) is 30.7 Å². The summed E-state index contributed by atoms with van der Waals surface area (Å²) in [6.07, 6.45) is 2.90. The number of nitrogens with one attached hydrogen (secondary N) is 1. The van der Waals surface area contributed by atoms with Gasteiger partial charge >= 0.3 is 0 Å². The molecular weight excluding hydrogens is 272 g/mol. The van der Waals surface area contributed by atoms with Crippen LogP contribution in [0.4, 0.5) is 5.00 Å². The lowest BCUT2D eigenvalue weighted by molar-refractivity contribution is -0.123. The molecule has 1 aromatic heterocycles. The van der Waals surface area contributed by atoms with Crippen molar-refractivity contribution in [2.45, 2.75) is 47.0 Å². The molecular formula is C15H22N2O2S. The maximum atomic E-state index is 12.1. The molecule has 4 nitrogen and oxygen atoms in total. The van der Waals surface area contributed by atoms with Crippen LogP contribution < -0.4 is 11.1 Å². The number of primary amides is 1. The van der Waals surface area contributed by atoms with Crippen molar-refractivity contribution in [3.05, 3.63) is 16.0 Å². The second kappa shape index (κ2) is 5.20. The summed E-state index contributed by atoms with van der Waals surface area (Å²) in [4.78, 5) is 25.1. The van der Waals surface area contributed by atoms with E-state index in [2.05, 4.69) is 12.2 Å². The third-order valence-corrected chi connectivity index (χ3v) is 4.84. The highest BCUT2D eigenvalue weighted by Gasteiger charge is 2.29. The van der Waals surface area contributed by atoms with E-state index in [1.165, 1.54) is 16.2 Å². The van der Waals surface area contributed by atoms with Gasteiger partial charge in [0.05, 0.1) is 5.56 Å². The Bertz CT molecular complexity index is 555. The van der Waals surface area contributed by atoms with Crippen LogP contribution in [0.3, 0.4) is 0 Å². The van der Waals surface area contributed by atoms with Crippen LogP contribution >= 0.6 is 11.3 Å². The fourth-order valence-electron chi connectivity index (χ4n) is 2.39. The van der Waals surface area contributed by atoms with E-state index in [9.17, 15) is 9.59 Å². The zero-order chi connectivity index (χ0) is 15.1. The Kier molecular flexibility index (Phi) is 3.91. The van der Waals surface area contributed by atoms with Crippen molar-refractivity contribution in [1.82, 2.24) is 0 Å². The molecule has 0 saturated heterocycles. The van der Waals surface area contributed by atoms with E-state index in [-0.39, 0.29) is 5.91 Å². The van der Waals surface area contributed by atoms with Crippen molar-refractivity contribution in [3.63, 3.8) is 0 Å². The second-order valence-corrected chi connectivity index (χ2v) is 7.73. The van der Waals surface area contributed by atoms with E-state index >= 15 is 0 Å². The van der Waals surface area contributed by atoms with Gasteiger partial charge in [-0.25, -0.2) is 0 Å². The van der Waals surface area contributed by atoms with Crippen LogP contribution in [0, 0.1) is 11.3 Å². The first-order chi connectivity index (χ1) is 9.20. The van der Waals surface area contributed by atoms with Gasteiger partial charge in [0, 0.05) is 10.3 Å². The van der Waals surface area contributed by atoms with Crippen LogP contribution in [0.15, 0.2) is 0 Å². The topological polar surface area (TPSA) is 72.2 Å². The first-order valence-electron chi connectivity index (χ1n) is 6.96. The number of thiophene rings is 1. The van der Waals surface area contributed by atoms with Crippen LogP contribution in [0.25, 0.3) is 0 Å². The highest BCUT2D eigenvalue weighted by molar-refractivity contribution is 7.17. The molecule has 2 amide bonds. The molecule has 1 heterocycles. The average molecular weight is 294 g/mol. The lowest BCUT2D eigenvalue weighted by Gasteiger charge is -2.18. The number of nitrogens with two attached hydrogens (primary N) is 1. The van der Waals surface area contributed by atoms with Crippen LogP contribution in [0.2, 0.25) is 0 Å². The highest BCUT2D eigenvalue weighted by Crippen LogP contribution is 2.39. The third-order valence-electron chi connectivity index (χ3n) is 3.67. The van der Waals surface area contributed by atoms with Gasteiger partial charge in [-0.15, -0.1) is 11.3 Å². The van der Waals surface area contributed by atoms with Gasteiger partial charge in [0.1, 0.15) is 5.00 Å². The van der Waals surface area contributed by atoms with E-state index in [0.29, 0.717) is 16.5 Å². The Balaban J connectivity index is 2.38. The molecule has 110 valence electrons. The molecule has 0 aliphatic heterocycles. The minimum Gasteiger partial charge on any atom is -0.365 e. The predicted molar refractivity (Wildman–Crippen MR) is 82.1 cm³/mol. The van der Waals surface area contributed by atoms with Gasteiger partial charge < -0.3 is 11.1 Å². The maximum absolute atomic E-state index is 12.1. The Hall–Kier alpha value is -1.36. The van der Waals surface area contributed by atoms with Crippen LogP contribution in [-0.2, 0) is 17.6 Å². The third kappa shape index (κ3) is 2.87. The summed E-state index contributed by atoms with van der Waals surface area (Å²) < 4.78 is 0. The second-order valence-electron chi connectivity index (χ2n) is 6.62. The average Bonchev–Trinajstić information content (AvgIpc) is 2.64. The Morgan fingerprint density at radius 2 is 2.00 bits per heavy atom. The zero-order valence-electron chi connectivity index (χ0n) is 12.5. The molecule has 1 aliphatic carbocycles. The lowest BCUT2D eigenvalue weighted by atomic mass is 9.88. The van der Waals surface area contributed by atoms with Gasteiger partial charge in [-0.1, -0.05) is 27.7 Å². The van der Waals surface area contributed by atoms with Crippen LogP contribution in [0.5, 0.6) is 0 Å². The lowest BCUT2D eigenvalue weighted by Crippen LogP contribution is -2.28. The zero-order valence-corrected chi connectivity index (χ0v) is 13.3. The molecule has 1 unspecified atom stereocenters. The van der Waals surface area contributed by atoms with Crippen molar-refractivity contribution in [3.8, 4) is 0 Å². The van der Waals surface area contributed by atoms with E-state index in [1.807, 2.05) is 20.8 Å². The van der Waals surface area contributed by atoms with E-state index in [1.54, 1.807) is 0 Å². The summed E-state index contributed by atoms with van der Waals surface area (Å²) in [6, 6.07) is 0. The Labute approximate surface area is 123 Å². The smallest absolute Gasteiger partial charge is 0.251 e. The highest BCUT2D eigenvalue weighted by atomic mass is 32.1. The quantitative estimate of drug-likeness (QED) is 0.880. The van der Waals surface area contributed by atoms with Crippen LogP contribution in [0.1, 0.15) is 54.9 Å². The SMILES string of the molecule is CC1CCc2c(sc(NC(=O)C(C)(C)C)c2C(N)=O)C1. The number of hydrogen-bond donors (Lipinski definition) is 2. The molecule has 20 heavy (non-hydrogen) atoms. The number of carbonyl (C=O) groups is 2.